The number of carbonyl (C=O) groups excluding carboxylic acids is 1. The highest BCUT2D eigenvalue weighted by molar-refractivity contribution is 7.86. The average molecular weight is 277 g/mol. The maximum Gasteiger partial charge on any atom is 0.282 e. The Bertz CT molecular complexity index is 377. The standard InChI is InChI=1S/C11H23N3O3S/c1-3-7-13(8-4-2)18(16,17)14-9-5-6-10(14)11(12)15/h10H,3-9H2,1-2H3,(H2,12,15). The number of carbonyl (C=O) groups is 1. The van der Waals surface area contributed by atoms with Gasteiger partial charge >= 0.3 is 0 Å². The Balaban J connectivity index is 2.92. The molecule has 1 unspecified atom stereocenters. The van der Waals surface area contributed by atoms with Crippen LogP contribution in [0.1, 0.15) is 39.5 Å². The molecule has 1 fully saturated rings. The van der Waals surface area contributed by atoms with Gasteiger partial charge < -0.3 is 5.73 Å². The van der Waals surface area contributed by atoms with Crippen molar-refractivity contribution in [1.82, 2.24) is 8.61 Å². The number of primary amides is 1. The lowest BCUT2D eigenvalue weighted by Gasteiger charge is -2.29. The minimum Gasteiger partial charge on any atom is -0.368 e. The number of hydrogen-bond acceptors (Lipinski definition) is 3. The van der Waals surface area contributed by atoms with Crippen molar-refractivity contribution in [3.8, 4) is 0 Å². The van der Waals surface area contributed by atoms with Gasteiger partial charge in [-0.25, -0.2) is 0 Å². The second-order valence-electron chi connectivity index (χ2n) is 4.58. The SMILES string of the molecule is CCCN(CCC)S(=O)(=O)N1CCCC1C(N)=O. The molecule has 1 saturated heterocycles. The van der Waals surface area contributed by atoms with Gasteiger partial charge in [-0.1, -0.05) is 13.8 Å². The monoisotopic (exact) mass is 277 g/mol. The third-order valence-corrected chi connectivity index (χ3v) is 5.15. The molecule has 2 N–H and O–H groups in total. The molecule has 0 aromatic carbocycles. The van der Waals surface area contributed by atoms with E-state index in [1.165, 1.54) is 8.61 Å². The van der Waals surface area contributed by atoms with Crippen LogP contribution in [0.2, 0.25) is 0 Å². The van der Waals surface area contributed by atoms with Crippen molar-refractivity contribution in [2.45, 2.75) is 45.6 Å². The molecule has 1 heterocycles. The van der Waals surface area contributed by atoms with E-state index in [4.69, 9.17) is 5.73 Å². The van der Waals surface area contributed by atoms with E-state index in [1.54, 1.807) is 0 Å². The van der Waals surface area contributed by atoms with Crippen LogP contribution in [-0.4, -0.2) is 48.6 Å². The average Bonchev–Trinajstić information content (AvgIpc) is 2.78. The fraction of sp³-hybridized carbons (Fsp3) is 0.909. The van der Waals surface area contributed by atoms with E-state index in [-0.39, 0.29) is 0 Å². The van der Waals surface area contributed by atoms with Crippen LogP contribution in [0.25, 0.3) is 0 Å². The van der Waals surface area contributed by atoms with E-state index in [1.807, 2.05) is 13.8 Å². The van der Waals surface area contributed by atoms with Crippen LogP contribution in [0.5, 0.6) is 0 Å². The summed E-state index contributed by atoms with van der Waals surface area (Å²) in [6, 6.07) is -0.675. The van der Waals surface area contributed by atoms with E-state index in [2.05, 4.69) is 0 Å². The molecule has 0 aromatic rings. The molecule has 0 aromatic heterocycles. The van der Waals surface area contributed by atoms with Gasteiger partial charge in [-0.3, -0.25) is 4.79 Å². The second-order valence-corrected chi connectivity index (χ2v) is 6.46. The van der Waals surface area contributed by atoms with Crippen molar-refractivity contribution in [3.63, 3.8) is 0 Å². The molecule has 1 aliphatic rings. The smallest absolute Gasteiger partial charge is 0.282 e. The summed E-state index contributed by atoms with van der Waals surface area (Å²) in [6.07, 6.45) is 2.74. The fourth-order valence-electron chi connectivity index (χ4n) is 2.29. The number of hydrogen-bond donors (Lipinski definition) is 1. The van der Waals surface area contributed by atoms with Crippen LogP contribution in [0.4, 0.5) is 0 Å². The maximum absolute atomic E-state index is 12.5. The Hall–Kier alpha value is -0.660. The molecule has 6 nitrogen and oxygen atoms in total. The number of nitrogens with two attached hydrogens (primary N) is 1. The van der Waals surface area contributed by atoms with Crippen LogP contribution in [0, 0.1) is 0 Å². The molecule has 1 amide bonds. The summed E-state index contributed by atoms with van der Waals surface area (Å²) < 4.78 is 27.7. The predicted octanol–water partition coefficient (Wildman–Crippen LogP) is 0.303. The third kappa shape index (κ3) is 3.21. The highest BCUT2D eigenvalue weighted by Gasteiger charge is 2.40. The summed E-state index contributed by atoms with van der Waals surface area (Å²) in [4.78, 5) is 11.3. The Morgan fingerprint density at radius 1 is 1.33 bits per heavy atom. The summed E-state index contributed by atoms with van der Waals surface area (Å²) in [5.74, 6) is -0.552. The van der Waals surface area contributed by atoms with Crippen LogP contribution < -0.4 is 5.73 Å². The molecule has 1 atom stereocenters. The molecular formula is C11H23N3O3S. The molecule has 0 bridgehead atoms. The number of amides is 1. The molecular weight excluding hydrogens is 254 g/mol. The zero-order chi connectivity index (χ0) is 13.8. The van der Waals surface area contributed by atoms with Crippen molar-refractivity contribution in [1.29, 1.82) is 0 Å². The maximum atomic E-state index is 12.5. The first-order valence-electron chi connectivity index (χ1n) is 6.51. The molecule has 1 aliphatic heterocycles. The summed E-state index contributed by atoms with van der Waals surface area (Å²) in [5.41, 5.74) is 5.27. The Labute approximate surface area is 109 Å². The van der Waals surface area contributed by atoms with Gasteiger partial charge in [-0.2, -0.15) is 17.0 Å². The topological polar surface area (TPSA) is 83.7 Å². The first-order valence-corrected chi connectivity index (χ1v) is 7.91. The first kappa shape index (κ1) is 15.4. The summed E-state index contributed by atoms with van der Waals surface area (Å²) in [6.45, 7) is 5.23. The van der Waals surface area contributed by atoms with Gasteiger partial charge in [0.25, 0.3) is 10.2 Å². The molecule has 18 heavy (non-hydrogen) atoms. The molecule has 0 spiro atoms. The molecule has 7 heteroatoms. The first-order chi connectivity index (χ1) is 8.45. The summed E-state index contributed by atoms with van der Waals surface area (Å²) >= 11 is 0. The normalized spacial score (nSPS) is 21.6. The lowest BCUT2D eigenvalue weighted by Crippen LogP contribution is -2.50. The molecule has 0 radical (unpaired) electrons. The van der Waals surface area contributed by atoms with Gasteiger partial charge in [0.2, 0.25) is 5.91 Å². The Kier molecular flexibility index (Phi) is 5.55. The van der Waals surface area contributed by atoms with E-state index < -0.39 is 22.2 Å². The minimum atomic E-state index is -3.55. The van der Waals surface area contributed by atoms with Crippen molar-refractivity contribution >= 4 is 16.1 Å². The van der Waals surface area contributed by atoms with Crippen LogP contribution in [-0.2, 0) is 15.0 Å². The number of nitrogens with zero attached hydrogens (tertiary/aromatic N) is 2. The third-order valence-electron chi connectivity index (χ3n) is 3.10. The second kappa shape index (κ2) is 6.49. The number of rotatable bonds is 7. The fourth-order valence-corrected chi connectivity index (χ4v) is 4.30. The van der Waals surface area contributed by atoms with E-state index >= 15 is 0 Å². The lowest BCUT2D eigenvalue weighted by molar-refractivity contribution is -0.121. The van der Waals surface area contributed by atoms with E-state index in [0.29, 0.717) is 32.5 Å². The zero-order valence-corrected chi connectivity index (χ0v) is 11.9. The highest BCUT2D eigenvalue weighted by Crippen LogP contribution is 2.23. The minimum absolute atomic E-state index is 0.389. The summed E-state index contributed by atoms with van der Waals surface area (Å²) in [7, 11) is -3.55. The lowest BCUT2D eigenvalue weighted by atomic mass is 10.2. The Morgan fingerprint density at radius 3 is 2.33 bits per heavy atom. The molecule has 0 aliphatic carbocycles. The van der Waals surface area contributed by atoms with Crippen molar-refractivity contribution in [2.24, 2.45) is 5.73 Å². The van der Waals surface area contributed by atoms with Crippen molar-refractivity contribution in [3.05, 3.63) is 0 Å². The molecule has 1 rings (SSSR count). The van der Waals surface area contributed by atoms with Crippen LogP contribution in [0.3, 0.4) is 0 Å². The van der Waals surface area contributed by atoms with Crippen LogP contribution in [0.15, 0.2) is 0 Å². The van der Waals surface area contributed by atoms with Gasteiger partial charge in [0, 0.05) is 19.6 Å². The van der Waals surface area contributed by atoms with Crippen molar-refractivity contribution in [2.75, 3.05) is 19.6 Å². The highest BCUT2D eigenvalue weighted by atomic mass is 32.2. The largest absolute Gasteiger partial charge is 0.368 e. The van der Waals surface area contributed by atoms with Gasteiger partial charge in [0.05, 0.1) is 0 Å². The Morgan fingerprint density at radius 2 is 1.89 bits per heavy atom. The van der Waals surface area contributed by atoms with Gasteiger partial charge in [0.15, 0.2) is 0 Å². The van der Waals surface area contributed by atoms with Crippen molar-refractivity contribution < 1.29 is 13.2 Å². The van der Waals surface area contributed by atoms with Gasteiger partial charge in [-0.15, -0.1) is 0 Å². The van der Waals surface area contributed by atoms with E-state index in [0.717, 1.165) is 12.8 Å². The summed E-state index contributed by atoms with van der Waals surface area (Å²) in [5, 5.41) is 0. The van der Waals surface area contributed by atoms with Gasteiger partial charge in [0.1, 0.15) is 6.04 Å². The van der Waals surface area contributed by atoms with E-state index in [9.17, 15) is 13.2 Å². The molecule has 0 saturated carbocycles. The zero-order valence-electron chi connectivity index (χ0n) is 11.1. The molecule has 106 valence electrons. The quantitative estimate of drug-likeness (QED) is 0.726. The predicted molar refractivity (Wildman–Crippen MR) is 70.0 cm³/mol. The van der Waals surface area contributed by atoms with Crippen LogP contribution >= 0.6 is 0 Å². The van der Waals surface area contributed by atoms with Gasteiger partial charge in [-0.05, 0) is 25.7 Å².